The van der Waals surface area contributed by atoms with E-state index in [-0.39, 0.29) is 0 Å². The first-order valence-corrected chi connectivity index (χ1v) is 18.9. The number of hydrogen-bond acceptors (Lipinski definition) is 3. The van der Waals surface area contributed by atoms with Gasteiger partial charge in [-0.15, -0.1) is 0 Å². The van der Waals surface area contributed by atoms with Crippen LogP contribution in [0.1, 0.15) is 0 Å². The van der Waals surface area contributed by atoms with Gasteiger partial charge in [-0.05, 0) is 47.5 Å². The number of aromatic nitrogens is 5. The fourth-order valence-corrected chi connectivity index (χ4v) is 8.11. The minimum Gasteiger partial charge on any atom is -0.298 e. The van der Waals surface area contributed by atoms with Crippen LogP contribution in [0.25, 0.3) is 100 Å². The lowest BCUT2D eigenvalue weighted by Crippen LogP contribution is -1.97. The van der Waals surface area contributed by atoms with E-state index < -0.39 is 0 Å². The molecule has 0 saturated heterocycles. The maximum atomic E-state index is 5.47. The van der Waals surface area contributed by atoms with Gasteiger partial charge in [0.2, 0.25) is 0 Å². The number of benzene rings is 7. The Morgan fingerprint density at radius 1 is 0.357 bits per heavy atom. The van der Waals surface area contributed by atoms with Gasteiger partial charge in [0, 0.05) is 50.3 Å². The van der Waals surface area contributed by atoms with E-state index in [1.165, 1.54) is 0 Å². The molecule has 0 unspecified atom stereocenters. The van der Waals surface area contributed by atoms with Crippen molar-refractivity contribution in [1.29, 1.82) is 0 Å². The summed E-state index contributed by atoms with van der Waals surface area (Å²) in [4.78, 5) is 15.7. The number of hydrogen-bond donors (Lipinski definition) is 0. The first-order valence-electron chi connectivity index (χ1n) is 18.9. The van der Waals surface area contributed by atoms with E-state index in [1.54, 1.807) is 0 Å². The lowest BCUT2D eigenvalue weighted by Gasteiger charge is -2.12. The smallest absolute Gasteiger partial charge is 0.146 e. The van der Waals surface area contributed by atoms with Gasteiger partial charge in [-0.3, -0.25) is 8.97 Å². The van der Waals surface area contributed by atoms with E-state index in [9.17, 15) is 0 Å². The van der Waals surface area contributed by atoms with Crippen molar-refractivity contribution >= 4 is 38.4 Å². The van der Waals surface area contributed by atoms with Crippen LogP contribution in [0.5, 0.6) is 0 Å². The summed E-state index contributed by atoms with van der Waals surface area (Å²) in [6.45, 7) is 0. The number of fused-ring (bicyclic) bond motifs is 6. The molecule has 0 spiro atoms. The number of rotatable bonds is 6. The van der Waals surface area contributed by atoms with Gasteiger partial charge < -0.3 is 0 Å². The monoisotopic (exact) mass is 715 g/mol. The highest BCUT2D eigenvalue weighted by Crippen LogP contribution is 2.40. The van der Waals surface area contributed by atoms with Crippen LogP contribution >= 0.6 is 0 Å². The van der Waals surface area contributed by atoms with Gasteiger partial charge >= 0.3 is 0 Å². The highest BCUT2D eigenvalue weighted by molar-refractivity contribution is 6.17. The Balaban J connectivity index is 1.04. The quantitative estimate of drug-likeness (QED) is 0.161. The first-order chi connectivity index (χ1) is 27.8. The Morgan fingerprint density at radius 3 is 1.61 bits per heavy atom. The molecule has 0 N–H and O–H groups in total. The molecule has 0 saturated carbocycles. The molecule has 0 amide bonds. The zero-order valence-corrected chi connectivity index (χ0v) is 30.3. The van der Waals surface area contributed by atoms with Gasteiger partial charge in [0.1, 0.15) is 11.5 Å². The summed E-state index contributed by atoms with van der Waals surface area (Å²) in [5.41, 5.74) is 14.6. The summed E-state index contributed by atoms with van der Waals surface area (Å²) in [7, 11) is 0. The standard InChI is InChI=1S/C51H33N5/c1-4-14-36(15-5-1)47-42-32-33-55-49(48(37-16-6-2-7-17-37)54-51(55)46(42)41-20-10-11-21-43(41)52-47)38-26-24-34(25-27-38)35-28-30-40(31-29-35)56-45-23-13-12-22-44(45)53-50(56)39-18-8-3-9-19-39/h1-33H. The highest BCUT2D eigenvalue weighted by Gasteiger charge is 2.21. The van der Waals surface area contributed by atoms with E-state index in [4.69, 9.17) is 15.0 Å². The van der Waals surface area contributed by atoms with Gasteiger partial charge in [0.05, 0.1) is 33.6 Å². The highest BCUT2D eigenvalue weighted by atomic mass is 15.1. The van der Waals surface area contributed by atoms with Crippen LogP contribution in [0.2, 0.25) is 0 Å². The summed E-state index contributed by atoms with van der Waals surface area (Å²) >= 11 is 0. The average Bonchev–Trinajstić information content (AvgIpc) is 3.87. The Hall–Kier alpha value is -7.63. The molecule has 0 aliphatic heterocycles. The predicted octanol–water partition coefficient (Wildman–Crippen LogP) is 12.7. The van der Waals surface area contributed by atoms with Crippen molar-refractivity contribution < 1.29 is 0 Å². The lowest BCUT2D eigenvalue weighted by atomic mass is 10.00. The summed E-state index contributed by atoms with van der Waals surface area (Å²) in [5.74, 6) is 0.930. The van der Waals surface area contributed by atoms with Gasteiger partial charge in [0.15, 0.2) is 0 Å². The van der Waals surface area contributed by atoms with E-state index >= 15 is 0 Å². The molecule has 0 aliphatic carbocycles. The van der Waals surface area contributed by atoms with Crippen LogP contribution in [0.4, 0.5) is 0 Å². The van der Waals surface area contributed by atoms with Crippen LogP contribution in [-0.2, 0) is 0 Å². The SMILES string of the molecule is c1ccc(-c2nc3c4c(ccn3c2-c2ccc(-c3ccc(-n5c(-c6ccccc6)nc6ccccc65)cc3)cc2)c(-c2ccccc2)nc2ccccc24)cc1. The van der Waals surface area contributed by atoms with Crippen LogP contribution in [0, 0.1) is 0 Å². The zero-order valence-electron chi connectivity index (χ0n) is 30.3. The lowest BCUT2D eigenvalue weighted by molar-refractivity contribution is 1.10. The van der Waals surface area contributed by atoms with E-state index in [2.05, 4.69) is 191 Å². The third-order valence-electron chi connectivity index (χ3n) is 10.8. The molecular weight excluding hydrogens is 683 g/mol. The van der Waals surface area contributed by atoms with E-state index in [0.717, 1.165) is 100 Å². The summed E-state index contributed by atoms with van der Waals surface area (Å²) in [6.07, 6.45) is 2.16. The minimum atomic E-state index is 0.911. The normalized spacial score (nSPS) is 11.6. The Morgan fingerprint density at radius 2 is 0.911 bits per heavy atom. The largest absolute Gasteiger partial charge is 0.298 e. The summed E-state index contributed by atoms with van der Waals surface area (Å²) < 4.78 is 4.51. The maximum absolute atomic E-state index is 5.47. The van der Waals surface area contributed by atoms with E-state index in [1.807, 2.05) is 18.2 Å². The molecule has 11 aromatic rings. The number of para-hydroxylation sites is 3. The summed E-state index contributed by atoms with van der Waals surface area (Å²) in [6, 6.07) is 67.9. The van der Waals surface area contributed by atoms with Crippen molar-refractivity contribution in [3.8, 4) is 62.0 Å². The number of pyridine rings is 2. The average molecular weight is 716 g/mol. The Kier molecular flexibility index (Phi) is 7.42. The zero-order chi connectivity index (χ0) is 37.0. The fourth-order valence-electron chi connectivity index (χ4n) is 8.11. The molecule has 4 heterocycles. The molecular formula is C51H33N5. The van der Waals surface area contributed by atoms with Crippen molar-refractivity contribution in [2.45, 2.75) is 0 Å². The number of nitrogens with zero attached hydrogens (tertiary/aromatic N) is 5. The van der Waals surface area contributed by atoms with Crippen molar-refractivity contribution in [2.75, 3.05) is 0 Å². The Labute approximate surface area is 323 Å². The molecule has 5 heteroatoms. The van der Waals surface area contributed by atoms with Gasteiger partial charge in [0.25, 0.3) is 0 Å². The van der Waals surface area contributed by atoms with Gasteiger partial charge in [-0.1, -0.05) is 158 Å². The molecule has 7 aromatic carbocycles. The van der Waals surface area contributed by atoms with Crippen LogP contribution in [0.3, 0.4) is 0 Å². The van der Waals surface area contributed by atoms with Crippen LogP contribution in [0.15, 0.2) is 200 Å². The second-order valence-electron chi connectivity index (χ2n) is 14.1. The molecule has 262 valence electrons. The molecule has 0 aliphatic rings. The maximum Gasteiger partial charge on any atom is 0.146 e. The molecule has 11 rings (SSSR count). The van der Waals surface area contributed by atoms with Crippen molar-refractivity contribution in [1.82, 2.24) is 23.9 Å². The van der Waals surface area contributed by atoms with Gasteiger partial charge in [-0.25, -0.2) is 15.0 Å². The predicted molar refractivity (Wildman–Crippen MR) is 230 cm³/mol. The Bertz CT molecular complexity index is 3200. The molecule has 0 radical (unpaired) electrons. The van der Waals surface area contributed by atoms with Crippen LogP contribution < -0.4 is 0 Å². The first kappa shape index (κ1) is 31.9. The minimum absolute atomic E-state index is 0.911. The van der Waals surface area contributed by atoms with Crippen molar-refractivity contribution in [2.24, 2.45) is 0 Å². The molecule has 0 fully saturated rings. The van der Waals surface area contributed by atoms with Crippen LogP contribution in [-0.4, -0.2) is 23.9 Å². The molecule has 56 heavy (non-hydrogen) atoms. The number of imidazole rings is 2. The van der Waals surface area contributed by atoms with Crippen molar-refractivity contribution in [3.63, 3.8) is 0 Å². The molecule has 0 atom stereocenters. The summed E-state index contributed by atoms with van der Waals surface area (Å²) in [5, 5.41) is 3.26. The molecule has 0 bridgehead atoms. The van der Waals surface area contributed by atoms with E-state index in [0.29, 0.717) is 0 Å². The second-order valence-corrected chi connectivity index (χ2v) is 14.1. The fraction of sp³-hybridized carbons (Fsp3) is 0. The third-order valence-corrected chi connectivity index (χ3v) is 10.8. The topological polar surface area (TPSA) is 48.0 Å². The van der Waals surface area contributed by atoms with Crippen molar-refractivity contribution in [3.05, 3.63) is 200 Å². The molecule has 4 aromatic heterocycles. The second kappa shape index (κ2) is 13.0. The molecule has 5 nitrogen and oxygen atoms in total. The third kappa shape index (κ3) is 5.21. The van der Waals surface area contributed by atoms with Gasteiger partial charge in [-0.2, -0.15) is 0 Å².